The highest BCUT2D eigenvalue weighted by Crippen LogP contribution is 2.35. The Hall–Kier alpha value is -0.0600. The number of nitrogens with one attached hydrogen (secondary N) is 2. The van der Waals surface area contributed by atoms with Crippen LogP contribution in [0.5, 0.6) is 0 Å². The number of hydrogen-bond acceptors (Lipinski definition) is 2. The van der Waals surface area contributed by atoms with Crippen LogP contribution in [-0.2, 0) is 4.79 Å². The summed E-state index contributed by atoms with van der Waals surface area (Å²) >= 11 is 29.6. The first-order chi connectivity index (χ1) is 9.12. The molecule has 0 aliphatic rings. The van der Waals surface area contributed by atoms with Crippen molar-refractivity contribution in [2.24, 2.45) is 5.92 Å². The fourth-order valence-electron chi connectivity index (χ4n) is 1.28. The maximum Gasteiger partial charge on any atom is 0.228 e. The Labute approximate surface area is 142 Å². The molecule has 0 saturated heterocycles. The van der Waals surface area contributed by atoms with E-state index in [4.69, 9.17) is 58.0 Å². The van der Waals surface area contributed by atoms with Gasteiger partial charge in [-0.25, -0.2) is 0 Å². The van der Waals surface area contributed by atoms with Crippen molar-refractivity contribution >= 4 is 69.6 Å². The van der Waals surface area contributed by atoms with E-state index in [1.807, 2.05) is 0 Å². The molecule has 0 radical (unpaired) electrons. The number of carbonyl (C=O) groups is 1. The minimum Gasteiger partial charge on any atom is -0.361 e. The summed E-state index contributed by atoms with van der Waals surface area (Å²) < 4.78 is -1.75. The Morgan fingerprint density at radius 3 is 2.30 bits per heavy atom. The number of hydrogen-bond donors (Lipinski definition) is 2. The lowest BCUT2D eigenvalue weighted by atomic mass is 10.2. The zero-order valence-electron chi connectivity index (χ0n) is 10.7. The first-order valence-corrected chi connectivity index (χ1v) is 7.59. The maximum atomic E-state index is 11.8. The highest BCUT2D eigenvalue weighted by atomic mass is 35.6. The molecule has 0 aliphatic carbocycles. The fraction of sp³-hybridized carbons (Fsp3) is 0.417. The predicted molar refractivity (Wildman–Crippen MR) is 87.1 cm³/mol. The average molecular weight is 379 g/mol. The van der Waals surface area contributed by atoms with Crippen LogP contribution in [0.15, 0.2) is 18.2 Å². The van der Waals surface area contributed by atoms with E-state index < -0.39 is 9.96 Å². The summed E-state index contributed by atoms with van der Waals surface area (Å²) in [6.45, 7) is 3.47. The van der Waals surface area contributed by atoms with Crippen LogP contribution in [0.1, 0.15) is 13.8 Å². The van der Waals surface area contributed by atoms with Gasteiger partial charge in [0.1, 0.15) is 6.17 Å². The first kappa shape index (κ1) is 18.0. The molecule has 0 aliphatic heterocycles. The summed E-state index contributed by atoms with van der Waals surface area (Å²) in [5.41, 5.74) is 0.458. The smallest absolute Gasteiger partial charge is 0.228 e. The second-order valence-electron chi connectivity index (χ2n) is 4.38. The van der Waals surface area contributed by atoms with Gasteiger partial charge in [0.05, 0.1) is 15.7 Å². The van der Waals surface area contributed by atoms with Gasteiger partial charge in [-0.15, -0.1) is 0 Å². The number of benzene rings is 1. The third-order valence-electron chi connectivity index (χ3n) is 2.39. The second-order valence-corrected chi connectivity index (χ2v) is 7.54. The monoisotopic (exact) mass is 376 g/mol. The molecule has 0 unspecified atom stereocenters. The van der Waals surface area contributed by atoms with Crippen LogP contribution >= 0.6 is 58.0 Å². The molecule has 3 nitrogen and oxygen atoms in total. The van der Waals surface area contributed by atoms with Crippen LogP contribution in [-0.4, -0.2) is 15.9 Å². The maximum absolute atomic E-state index is 11.8. The fourth-order valence-corrected chi connectivity index (χ4v) is 1.96. The van der Waals surface area contributed by atoms with Gasteiger partial charge in [0.2, 0.25) is 9.70 Å². The van der Waals surface area contributed by atoms with E-state index in [0.717, 1.165) is 0 Å². The summed E-state index contributed by atoms with van der Waals surface area (Å²) in [5, 5.41) is 6.11. The van der Waals surface area contributed by atoms with Gasteiger partial charge >= 0.3 is 0 Å². The summed E-state index contributed by atoms with van der Waals surface area (Å²) in [4.78, 5) is 11.8. The molecule has 1 amide bonds. The van der Waals surface area contributed by atoms with Crippen LogP contribution in [0.3, 0.4) is 0 Å². The molecule has 0 aromatic heterocycles. The van der Waals surface area contributed by atoms with Gasteiger partial charge in [-0.3, -0.25) is 4.79 Å². The molecule has 20 heavy (non-hydrogen) atoms. The van der Waals surface area contributed by atoms with Crippen molar-refractivity contribution in [3.63, 3.8) is 0 Å². The lowest BCUT2D eigenvalue weighted by Gasteiger charge is -2.28. The molecule has 0 fully saturated rings. The quantitative estimate of drug-likeness (QED) is 0.579. The number of carbonyl (C=O) groups excluding carboxylic acids is 1. The number of alkyl halides is 3. The Morgan fingerprint density at radius 2 is 1.80 bits per heavy atom. The Kier molecular flexibility index (Phi) is 6.55. The summed E-state index contributed by atoms with van der Waals surface area (Å²) in [6, 6.07) is 4.99. The summed E-state index contributed by atoms with van der Waals surface area (Å²) in [6.07, 6.45) is -0.946. The number of rotatable bonds is 4. The Bertz CT molecular complexity index is 487. The van der Waals surface area contributed by atoms with Crippen molar-refractivity contribution in [2.75, 3.05) is 5.32 Å². The Morgan fingerprint density at radius 1 is 1.20 bits per heavy atom. The van der Waals surface area contributed by atoms with E-state index >= 15 is 0 Å². The van der Waals surface area contributed by atoms with Crippen molar-refractivity contribution in [3.05, 3.63) is 28.2 Å². The number of halogens is 5. The van der Waals surface area contributed by atoms with E-state index in [9.17, 15) is 4.79 Å². The summed E-state index contributed by atoms with van der Waals surface area (Å²) in [5.74, 6) is -0.506. The highest BCUT2D eigenvalue weighted by molar-refractivity contribution is 6.68. The molecule has 0 spiro atoms. The molecule has 2 N–H and O–H groups in total. The van der Waals surface area contributed by atoms with Crippen molar-refractivity contribution in [1.82, 2.24) is 5.32 Å². The van der Waals surface area contributed by atoms with E-state index in [0.29, 0.717) is 10.7 Å². The minimum atomic E-state index is -1.75. The predicted octanol–water partition coefficient (Wildman–Crippen LogP) is 4.87. The molecule has 112 valence electrons. The van der Waals surface area contributed by atoms with Crippen LogP contribution in [0.25, 0.3) is 0 Å². The lowest BCUT2D eigenvalue weighted by Crippen LogP contribution is -2.50. The normalized spacial score (nSPS) is 13.2. The molecule has 0 saturated carbocycles. The average Bonchev–Trinajstić information content (AvgIpc) is 2.32. The molecule has 0 bridgehead atoms. The van der Waals surface area contributed by atoms with Crippen LogP contribution in [0.2, 0.25) is 10.0 Å². The molecule has 8 heteroatoms. The van der Waals surface area contributed by atoms with E-state index in [2.05, 4.69) is 10.6 Å². The Balaban J connectivity index is 2.96. The van der Waals surface area contributed by atoms with Crippen LogP contribution < -0.4 is 10.6 Å². The molecule has 1 rings (SSSR count). The highest BCUT2D eigenvalue weighted by Gasteiger charge is 2.34. The second kappa shape index (κ2) is 7.28. The van der Waals surface area contributed by atoms with E-state index in [1.54, 1.807) is 32.0 Å². The molecule has 1 aromatic carbocycles. The van der Waals surface area contributed by atoms with E-state index in [1.165, 1.54) is 0 Å². The number of anilines is 1. The van der Waals surface area contributed by atoms with Crippen molar-refractivity contribution in [1.29, 1.82) is 0 Å². The zero-order chi connectivity index (χ0) is 15.5. The van der Waals surface area contributed by atoms with Gasteiger partial charge in [0.15, 0.2) is 0 Å². The third kappa shape index (κ3) is 5.05. The van der Waals surface area contributed by atoms with Gasteiger partial charge < -0.3 is 10.6 Å². The van der Waals surface area contributed by atoms with E-state index in [-0.39, 0.29) is 16.8 Å². The van der Waals surface area contributed by atoms with Gasteiger partial charge in [0, 0.05) is 5.92 Å². The molecular formula is C12H13Cl5N2O. The van der Waals surface area contributed by atoms with Gasteiger partial charge in [-0.2, -0.15) is 0 Å². The topological polar surface area (TPSA) is 41.1 Å². The van der Waals surface area contributed by atoms with Crippen LogP contribution in [0, 0.1) is 5.92 Å². The van der Waals surface area contributed by atoms with Gasteiger partial charge in [0.25, 0.3) is 0 Å². The molecule has 0 heterocycles. The van der Waals surface area contributed by atoms with Crippen molar-refractivity contribution in [3.8, 4) is 0 Å². The van der Waals surface area contributed by atoms with Crippen molar-refractivity contribution < 1.29 is 4.79 Å². The SMILES string of the molecule is CC(C)C(=O)N[C@@H](Nc1cccc(Cl)c1Cl)C(Cl)(Cl)Cl. The van der Waals surface area contributed by atoms with Crippen molar-refractivity contribution in [2.45, 2.75) is 23.8 Å². The standard InChI is InChI=1S/C12H13Cl5N2O/c1-6(2)10(20)19-11(12(15,16)17)18-8-5-3-4-7(13)9(8)14/h3-6,11,18H,1-2H3,(H,19,20)/t11-/m1/s1. The minimum absolute atomic E-state index is 0.249. The van der Waals surface area contributed by atoms with Gasteiger partial charge in [-0.1, -0.05) is 77.9 Å². The third-order valence-corrected chi connectivity index (χ3v) is 3.86. The molecule has 1 atom stereocenters. The zero-order valence-corrected chi connectivity index (χ0v) is 14.5. The first-order valence-electron chi connectivity index (χ1n) is 5.70. The van der Waals surface area contributed by atoms with Gasteiger partial charge in [-0.05, 0) is 12.1 Å². The lowest BCUT2D eigenvalue weighted by molar-refractivity contribution is -0.124. The largest absolute Gasteiger partial charge is 0.361 e. The summed E-state index contributed by atoms with van der Waals surface area (Å²) in [7, 11) is 0. The number of amides is 1. The molecule has 1 aromatic rings. The molecular weight excluding hydrogens is 365 g/mol. The van der Waals surface area contributed by atoms with Crippen LogP contribution in [0.4, 0.5) is 5.69 Å².